The van der Waals surface area contributed by atoms with Gasteiger partial charge in [-0.15, -0.1) is 0 Å². The Balaban J connectivity index is 2.07. The summed E-state index contributed by atoms with van der Waals surface area (Å²) in [4.78, 5) is 17.4. The number of aromatic nitrogens is 2. The second-order valence-corrected chi connectivity index (χ2v) is 8.58. The molecule has 0 aliphatic carbocycles. The van der Waals surface area contributed by atoms with E-state index in [1.807, 2.05) is 0 Å². The fraction of sp³-hybridized carbons (Fsp3) is 0.692. The second kappa shape index (κ2) is 5.67. The normalized spacial score (nSPS) is 22.0. The summed E-state index contributed by atoms with van der Waals surface area (Å²) in [6.45, 7) is 5.98. The van der Waals surface area contributed by atoms with Crippen molar-refractivity contribution in [2.75, 3.05) is 18.8 Å². The predicted molar refractivity (Wildman–Crippen MR) is 77.6 cm³/mol. The van der Waals surface area contributed by atoms with Gasteiger partial charge >= 0.3 is 6.09 Å². The van der Waals surface area contributed by atoms with Crippen molar-refractivity contribution in [1.82, 2.24) is 14.5 Å². The average Bonchev–Trinajstić information content (AvgIpc) is 2.82. The van der Waals surface area contributed by atoms with Crippen molar-refractivity contribution < 1.29 is 17.9 Å². The molecule has 1 aliphatic rings. The Morgan fingerprint density at radius 2 is 2.14 bits per heavy atom. The lowest BCUT2D eigenvalue weighted by molar-refractivity contribution is 0.0251. The van der Waals surface area contributed by atoms with Gasteiger partial charge in [0.25, 0.3) is 0 Å². The second-order valence-electron chi connectivity index (χ2n) is 6.17. The minimum Gasteiger partial charge on any atom is -0.444 e. The highest BCUT2D eigenvalue weighted by Gasteiger charge is 2.36. The van der Waals surface area contributed by atoms with E-state index in [9.17, 15) is 13.2 Å². The van der Waals surface area contributed by atoms with Gasteiger partial charge in [-0.2, -0.15) is 0 Å². The van der Waals surface area contributed by atoms with Crippen LogP contribution >= 0.6 is 0 Å². The Kier molecular flexibility index (Phi) is 4.27. The van der Waals surface area contributed by atoms with E-state index in [0.29, 0.717) is 6.54 Å². The first-order valence-electron chi connectivity index (χ1n) is 6.82. The topological polar surface area (TPSA) is 81.5 Å². The Morgan fingerprint density at radius 3 is 2.71 bits per heavy atom. The zero-order chi connectivity index (χ0) is 15.7. The van der Waals surface area contributed by atoms with Crippen LogP contribution in [0.5, 0.6) is 0 Å². The van der Waals surface area contributed by atoms with Gasteiger partial charge in [0, 0.05) is 32.0 Å². The summed E-state index contributed by atoms with van der Waals surface area (Å²) in [5.74, 6) is -0.0361. The molecule has 7 nitrogen and oxygen atoms in total. The van der Waals surface area contributed by atoms with E-state index in [1.54, 1.807) is 44.1 Å². The monoisotopic (exact) mass is 315 g/mol. The van der Waals surface area contributed by atoms with Gasteiger partial charge in [-0.25, -0.2) is 18.2 Å². The molecule has 0 aromatic carbocycles. The molecule has 1 aliphatic heterocycles. The van der Waals surface area contributed by atoms with Crippen LogP contribution in [0.4, 0.5) is 4.79 Å². The van der Waals surface area contributed by atoms with Crippen molar-refractivity contribution in [3.8, 4) is 0 Å². The van der Waals surface area contributed by atoms with Crippen LogP contribution in [0.3, 0.4) is 0 Å². The molecule has 118 valence electrons. The molecule has 0 saturated carbocycles. The fourth-order valence-electron chi connectivity index (χ4n) is 2.15. The molecular formula is C13H21N3O4S. The summed E-state index contributed by atoms with van der Waals surface area (Å²) in [6, 6.07) is 0. The molecule has 0 N–H and O–H groups in total. The number of nitrogens with zero attached hydrogens (tertiary/aromatic N) is 3. The summed E-state index contributed by atoms with van der Waals surface area (Å²) < 4.78 is 31.3. The number of rotatable bonds is 2. The standard InChI is InChI=1S/C13H21N3O4S/c1-13(2,3)20-12(17)16-6-7-21(18,19)11(9-16)8-15-5-4-14-10-15/h4-5,10-11H,6-9H2,1-3H3. The first kappa shape index (κ1) is 15.8. The molecular weight excluding hydrogens is 294 g/mol. The third kappa shape index (κ3) is 4.20. The van der Waals surface area contributed by atoms with Gasteiger partial charge < -0.3 is 14.2 Å². The number of carbonyl (C=O) groups excluding carboxylic acids is 1. The highest BCUT2D eigenvalue weighted by molar-refractivity contribution is 7.92. The van der Waals surface area contributed by atoms with E-state index < -0.39 is 26.8 Å². The SMILES string of the molecule is CC(C)(C)OC(=O)N1CCS(=O)(=O)C(Cn2ccnc2)C1. The van der Waals surface area contributed by atoms with Gasteiger partial charge in [0.15, 0.2) is 9.84 Å². The van der Waals surface area contributed by atoms with Crippen molar-refractivity contribution in [2.24, 2.45) is 0 Å². The van der Waals surface area contributed by atoms with Crippen molar-refractivity contribution in [2.45, 2.75) is 38.2 Å². The highest BCUT2D eigenvalue weighted by Crippen LogP contribution is 2.17. The molecule has 8 heteroatoms. The van der Waals surface area contributed by atoms with Crippen LogP contribution in [0, 0.1) is 0 Å². The summed E-state index contributed by atoms with van der Waals surface area (Å²) in [7, 11) is -3.21. The van der Waals surface area contributed by atoms with Crippen molar-refractivity contribution in [1.29, 1.82) is 0 Å². The molecule has 1 atom stereocenters. The van der Waals surface area contributed by atoms with E-state index in [1.165, 1.54) is 4.90 Å². The minimum atomic E-state index is -3.21. The quantitative estimate of drug-likeness (QED) is 0.810. The molecule has 1 amide bonds. The number of carbonyl (C=O) groups is 1. The number of hydrogen-bond donors (Lipinski definition) is 0. The Labute approximate surface area is 124 Å². The largest absolute Gasteiger partial charge is 0.444 e. The summed E-state index contributed by atoms with van der Waals surface area (Å²) in [5, 5.41) is -0.632. The fourth-order valence-corrected chi connectivity index (χ4v) is 3.76. The Hall–Kier alpha value is -1.57. The van der Waals surface area contributed by atoms with Gasteiger partial charge in [0.2, 0.25) is 0 Å². The van der Waals surface area contributed by atoms with Crippen molar-refractivity contribution >= 4 is 15.9 Å². The first-order valence-corrected chi connectivity index (χ1v) is 8.54. The van der Waals surface area contributed by atoms with Gasteiger partial charge in [0.05, 0.1) is 17.3 Å². The number of hydrogen-bond acceptors (Lipinski definition) is 5. The maximum atomic E-state index is 12.1. The molecule has 1 saturated heterocycles. The van der Waals surface area contributed by atoms with Crippen molar-refractivity contribution in [3.05, 3.63) is 18.7 Å². The van der Waals surface area contributed by atoms with E-state index >= 15 is 0 Å². The van der Waals surface area contributed by atoms with E-state index in [4.69, 9.17) is 4.74 Å². The first-order chi connectivity index (χ1) is 9.67. The molecule has 2 heterocycles. The van der Waals surface area contributed by atoms with Gasteiger partial charge in [0.1, 0.15) is 5.60 Å². The van der Waals surface area contributed by atoms with Gasteiger partial charge in [-0.05, 0) is 20.8 Å². The molecule has 21 heavy (non-hydrogen) atoms. The maximum absolute atomic E-state index is 12.1. The maximum Gasteiger partial charge on any atom is 0.410 e. The summed E-state index contributed by atoms with van der Waals surface area (Å²) in [6.07, 6.45) is 4.42. The third-order valence-corrected chi connectivity index (χ3v) is 5.27. The zero-order valence-corrected chi connectivity index (χ0v) is 13.3. The van der Waals surface area contributed by atoms with Crippen LogP contribution in [0.2, 0.25) is 0 Å². The average molecular weight is 315 g/mol. The van der Waals surface area contributed by atoms with Crippen LogP contribution in [-0.2, 0) is 21.1 Å². The van der Waals surface area contributed by atoms with Crippen LogP contribution in [0.1, 0.15) is 20.8 Å². The molecule has 1 unspecified atom stereocenters. The van der Waals surface area contributed by atoms with E-state index in [-0.39, 0.29) is 18.8 Å². The predicted octanol–water partition coefficient (Wildman–Crippen LogP) is 0.917. The molecule has 1 fully saturated rings. The van der Waals surface area contributed by atoms with Gasteiger partial charge in [-0.3, -0.25) is 0 Å². The Morgan fingerprint density at radius 1 is 1.43 bits per heavy atom. The lowest BCUT2D eigenvalue weighted by Crippen LogP contribution is -2.51. The molecule has 0 spiro atoms. The lowest BCUT2D eigenvalue weighted by atomic mass is 10.2. The summed E-state index contributed by atoms with van der Waals surface area (Å²) >= 11 is 0. The molecule has 0 radical (unpaired) electrons. The minimum absolute atomic E-state index is 0.0361. The molecule has 0 bridgehead atoms. The lowest BCUT2D eigenvalue weighted by Gasteiger charge is -2.34. The molecule has 1 aromatic heterocycles. The van der Waals surface area contributed by atoms with Crippen LogP contribution in [0.25, 0.3) is 0 Å². The van der Waals surface area contributed by atoms with Crippen molar-refractivity contribution in [3.63, 3.8) is 0 Å². The number of sulfone groups is 1. The van der Waals surface area contributed by atoms with Crippen LogP contribution in [0.15, 0.2) is 18.7 Å². The van der Waals surface area contributed by atoms with E-state index in [0.717, 1.165) is 0 Å². The number of amides is 1. The Bertz CT molecular complexity index is 589. The molecule has 2 rings (SSSR count). The van der Waals surface area contributed by atoms with Gasteiger partial charge in [-0.1, -0.05) is 0 Å². The smallest absolute Gasteiger partial charge is 0.410 e. The van der Waals surface area contributed by atoms with Crippen LogP contribution in [-0.4, -0.2) is 58.7 Å². The van der Waals surface area contributed by atoms with E-state index in [2.05, 4.69) is 4.98 Å². The number of imidazole rings is 1. The summed E-state index contributed by atoms with van der Waals surface area (Å²) in [5.41, 5.74) is -0.590. The van der Waals surface area contributed by atoms with Crippen LogP contribution < -0.4 is 0 Å². The number of ether oxygens (including phenoxy) is 1. The highest BCUT2D eigenvalue weighted by atomic mass is 32.2. The third-order valence-electron chi connectivity index (χ3n) is 3.20. The zero-order valence-electron chi connectivity index (χ0n) is 12.5. The molecule has 1 aromatic rings.